The molecule has 2 fully saturated rings. The zero-order valence-corrected chi connectivity index (χ0v) is 11.4. The molecule has 0 aromatic rings. The highest BCUT2D eigenvalue weighted by atomic mass is 16.2. The molecule has 17 heavy (non-hydrogen) atoms. The first-order valence-corrected chi connectivity index (χ1v) is 7.10. The smallest absolute Gasteiger partial charge is 0.239 e. The van der Waals surface area contributed by atoms with Gasteiger partial charge in [-0.25, -0.2) is 0 Å². The summed E-state index contributed by atoms with van der Waals surface area (Å²) in [5.74, 6) is 2.44. The summed E-state index contributed by atoms with van der Waals surface area (Å²) in [5, 5.41) is 3.38. The fraction of sp³-hybridized carbons (Fsp3) is 0.929. The maximum atomic E-state index is 12.4. The fourth-order valence-electron chi connectivity index (χ4n) is 2.98. The van der Waals surface area contributed by atoms with Crippen LogP contribution in [0.5, 0.6) is 0 Å². The van der Waals surface area contributed by atoms with E-state index in [4.69, 9.17) is 0 Å². The van der Waals surface area contributed by atoms with E-state index in [0.29, 0.717) is 17.7 Å². The fourth-order valence-corrected chi connectivity index (χ4v) is 2.98. The molecule has 3 heteroatoms. The number of hydrogen-bond donors (Lipinski definition) is 1. The molecule has 2 rings (SSSR count). The second-order valence-corrected chi connectivity index (χ2v) is 6.16. The summed E-state index contributed by atoms with van der Waals surface area (Å²) in [4.78, 5) is 14.5. The monoisotopic (exact) mass is 238 g/mol. The topological polar surface area (TPSA) is 32.3 Å². The number of carbonyl (C=O) groups excluding carboxylic acids is 1. The Labute approximate surface area is 105 Å². The predicted molar refractivity (Wildman–Crippen MR) is 69.7 cm³/mol. The minimum absolute atomic E-state index is 0.0827. The van der Waals surface area contributed by atoms with E-state index in [1.807, 2.05) is 0 Å². The van der Waals surface area contributed by atoms with Crippen LogP contribution < -0.4 is 5.32 Å². The maximum absolute atomic E-state index is 12.4. The number of carbonyl (C=O) groups is 1. The quantitative estimate of drug-likeness (QED) is 0.756. The molecular formula is C14H26N2O. The molecule has 1 N–H and O–H groups in total. The Morgan fingerprint density at radius 3 is 2.59 bits per heavy atom. The normalized spacial score (nSPS) is 39.1. The zero-order valence-electron chi connectivity index (χ0n) is 11.4. The van der Waals surface area contributed by atoms with Crippen molar-refractivity contribution in [3.05, 3.63) is 0 Å². The molecule has 4 atom stereocenters. The van der Waals surface area contributed by atoms with E-state index >= 15 is 0 Å². The van der Waals surface area contributed by atoms with Crippen LogP contribution in [0.25, 0.3) is 0 Å². The first-order chi connectivity index (χ1) is 8.08. The highest BCUT2D eigenvalue weighted by Gasteiger charge is 2.32. The van der Waals surface area contributed by atoms with Crippen molar-refractivity contribution in [2.75, 3.05) is 19.6 Å². The highest BCUT2D eigenvalue weighted by Crippen LogP contribution is 2.24. The van der Waals surface area contributed by atoms with Crippen LogP contribution in [0.3, 0.4) is 0 Å². The second kappa shape index (κ2) is 5.38. The van der Waals surface area contributed by atoms with Gasteiger partial charge in [-0.05, 0) is 43.6 Å². The van der Waals surface area contributed by atoms with E-state index in [1.165, 1.54) is 6.42 Å². The van der Waals surface area contributed by atoms with E-state index in [2.05, 4.69) is 31.0 Å². The average Bonchev–Trinajstić information content (AvgIpc) is 2.32. The Kier molecular flexibility index (Phi) is 4.08. The van der Waals surface area contributed by atoms with Crippen LogP contribution >= 0.6 is 0 Å². The van der Waals surface area contributed by atoms with Crippen molar-refractivity contribution in [1.29, 1.82) is 0 Å². The lowest BCUT2D eigenvalue weighted by Crippen LogP contribution is -2.53. The van der Waals surface area contributed by atoms with Crippen LogP contribution in [0, 0.1) is 17.8 Å². The van der Waals surface area contributed by atoms with E-state index < -0.39 is 0 Å². The lowest BCUT2D eigenvalue weighted by atomic mass is 9.87. The van der Waals surface area contributed by atoms with Gasteiger partial charge in [-0.3, -0.25) is 4.79 Å². The Balaban J connectivity index is 1.91. The van der Waals surface area contributed by atoms with Gasteiger partial charge in [0.2, 0.25) is 5.91 Å². The Bertz CT molecular complexity index is 279. The van der Waals surface area contributed by atoms with Crippen LogP contribution in [-0.4, -0.2) is 36.5 Å². The van der Waals surface area contributed by atoms with Gasteiger partial charge in [0.1, 0.15) is 0 Å². The SMILES string of the molecule is CC1CCNC(C(=O)N2CCC(C)C(C)C2)C1. The molecule has 4 unspecified atom stereocenters. The van der Waals surface area contributed by atoms with Crippen LogP contribution in [0.15, 0.2) is 0 Å². The molecular weight excluding hydrogens is 212 g/mol. The van der Waals surface area contributed by atoms with Crippen molar-refractivity contribution in [3.8, 4) is 0 Å². The molecule has 98 valence electrons. The second-order valence-electron chi connectivity index (χ2n) is 6.16. The molecule has 0 aliphatic carbocycles. The standard InChI is InChI=1S/C14H26N2O/c1-10-4-6-15-13(8-10)14(17)16-7-5-11(2)12(3)9-16/h10-13,15H,4-9H2,1-3H3. The zero-order chi connectivity index (χ0) is 12.4. The lowest BCUT2D eigenvalue weighted by molar-refractivity contribution is -0.136. The Morgan fingerprint density at radius 1 is 1.18 bits per heavy atom. The molecule has 2 heterocycles. The lowest BCUT2D eigenvalue weighted by Gasteiger charge is -2.38. The van der Waals surface area contributed by atoms with Gasteiger partial charge in [-0.1, -0.05) is 20.8 Å². The Morgan fingerprint density at radius 2 is 1.94 bits per heavy atom. The van der Waals surface area contributed by atoms with Gasteiger partial charge in [-0.15, -0.1) is 0 Å². The van der Waals surface area contributed by atoms with Crippen LogP contribution in [0.1, 0.15) is 40.0 Å². The van der Waals surface area contributed by atoms with Crippen molar-refractivity contribution in [2.45, 2.75) is 46.1 Å². The first-order valence-electron chi connectivity index (χ1n) is 7.10. The van der Waals surface area contributed by atoms with Gasteiger partial charge in [0.15, 0.2) is 0 Å². The summed E-state index contributed by atoms with van der Waals surface area (Å²) in [6.07, 6.45) is 3.38. The molecule has 3 nitrogen and oxygen atoms in total. The third-order valence-corrected chi connectivity index (χ3v) is 4.61. The number of nitrogens with zero attached hydrogens (tertiary/aromatic N) is 1. The van der Waals surface area contributed by atoms with E-state index in [0.717, 1.165) is 38.4 Å². The molecule has 0 spiro atoms. The maximum Gasteiger partial charge on any atom is 0.239 e. The molecule has 2 aliphatic heterocycles. The number of hydrogen-bond acceptors (Lipinski definition) is 2. The van der Waals surface area contributed by atoms with Gasteiger partial charge in [-0.2, -0.15) is 0 Å². The van der Waals surface area contributed by atoms with Crippen molar-refractivity contribution in [2.24, 2.45) is 17.8 Å². The van der Waals surface area contributed by atoms with Gasteiger partial charge >= 0.3 is 0 Å². The summed E-state index contributed by atoms with van der Waals surface area (Å²) in [7, 11) is 0. The van der Waals surface area contributed by atoms with Crippen molar-refractivity contribution in [1.82, 2.24) is 10.2 Å². The third-order valence-electron chi connectivity index (χ3n) is 4.61. The number of piperidine rings is 2. The minimum atomic E-state index is 0.0827. The van der Waals surface area contributed by atoms with Gasteiger partial charge in [0.25, 0.3) is 0 Å². The van der Waals surface area contributed by atoms with E-state index in [9.17, 15) is 4.79 Å². The predicted octanol–water partition coefficient (Wildman–Crippen LogP) is 1.88. The molecule has 0 saturated carbocycles. The number of amides is 1. The van der Waals surface area contributed by atoms with Gasteiger partial charge in [0, 0.05) is 13.1 Å². The van der Waals surface area contributed by atoms with Gasteiger partial charge in [0.05, 0.1) is 6.04 Å². The molecule has 0 bridgehead atoms. The molecule has 0 aromatic heterocycles. The summed E-state index contributed by atoms with van der Waals surface area (Å²) in [6.45, 7) is 9.72. The average molecular weight is 238 g/mol. The largest absolute Gasteiger partial charge is 0.341 e. The molecule has 2 aliphatic rings. The summed E-state index contributed by atoms with van der Waals surface area (Å²) in [6, 6.07) is 0.0827. The molecule has 0 aromatic carbocycles. The molecule has 2 saturated heterocycles. The number of rotatable bonds is 1. The molecule has 1 amide bonds. The molecule has 0 radical (unpaired) electrons. The minimum Gasteiger partial charge on any atom is -0.341 e. The summed E-state index contributed by atoms with van der Waals surface area (Å²) in [5.41, 5.74) is 0. The van der Waals surface area contributed by atoms with Crippen molar-refractivity contribution < 1.29 is 4.79 Å². The summed E-state index contributed by atoms with van der Waals surface area (Å²) < 4.78 is 0. The number of nitrogens with one attached hydrogen (secondary N) is 1. The van der Waals surface area contributed by atoms with Gasteiger partial charge < -0.3 is 10.2 Å². The number of likely N-dealkylation sites (tertiary alicyclic amines) is 1. The van der Waals surface area contributed by atoms with E-state index in [-0.39, 0.29) is 6.04 Å². The highest BCUT2D eigenvalue weighted by molar-refractivity contribution is 5.82. The first kappa shape index (κ1) is 12.9. The van der Waals surface area contributed by atoms with E-state index in [1.54, 1.807) is 0 Å². The van der Waals surface area contributed by atoms with Crippen molar-refractivity contribution >= 4 is 5.91 Å². The third kappa shape index (κ3) is 3.01. The van der Waals surface area contributed by atoms with Crippen LogP contribution in [0.2, 0.25) is 0 Å². The van der Waals surface area contributed by atoms with Crippen molar-refractivity contribution in [3.63, 3.8) is 0 Å². The van der Waals surface area contributed by atoms with Crippen LogP contribution in [0.4, 0.5) is 0 Å². The Hall–Kier alpha value is -0.570. The summed E-state index contributed by atoms with van der Waals surface area (Å²) >= 11 is 0. The van der Waals surface area contributed by atoms with Crippen LogP contribution in [-0.2, 0) is 4.79 Å².